The maximum atomic E-state index is 12.7. The molecule has 0 saturated carbocycles. The number of aromatic nitrogens is 2. The topological polar surface area (TPSA) is 65.8 Å². The highest BCUT2D eigenvalue weighted by atomic mass is 32.1. The molecule has 7 nitrogen and oxygen atoms in total. The second-order valence-corrected chi connectivity index (χ2v) is 9.21. The van der Waals surface area contributed by atoms with Crippen LogP contribution < -0.4 is 5.32 Å². The molecule has 162 valence electrons. The van der Waals surface area contributed by atoms with E-state index in [2.05, 4.69) is 45.1 Å². The van der Waals surface area contributed by atoms with E-state index < -0.39 is 0 Å². The fraction of sp³-hybridized carbons (Fsp3) is 0.591. The average Bonchev–Trinajstić information content (AvgIpc) is 3.45. The quantitative estimate of drug-likeness (QED) is 0.588. The molecule has 1 saturated heterocycles. The van der Waals surface area contributed by atoms with Crippen molar-refractivity contribution in [3.8, 4) is 0 Å². The van der Waals surface area contributed by atoms with Crippen molar-refractivity contribution in [3.05, 3.63) is 40.6 Å². The second-order valence-electron chi connectivity index (χ2n) is 8.21. The fourth-order valence-corrected chi connectivity index (χ4v) is 5.29. The zero-order chi connectivity index (χ0) is 20.9. The van der Waals surface area contributed by atoms with Crippen LogP contribution in [0, 0.1) is 5.92 Å². The van der Waals surface area contributed by atoms with Crippen LogP contribution in [0.2, 0.25) is 0 Å². The first-order valence-corrected chi connectivity index (χ1v) is 11.9. The van der Waals surface area contributed by atoms with Crippen molar-refractivity contribution in [2.45, 2.75) is 45.7 Å². The van der Waals surface area contributed by atoms with Crippen molar-refractivity contribution in [2.24, 2.45) is 10.9 Å². The molecule has 0 aliphatic carbocycles. The summed E-state index contributed by atoms with van der Waals surface area (Å²) in [6.45, 7) is 9.21. The number of fused-ring (bicyclic) bond motifs is 1. The monoisotopic (exact) mass is 428 g/mol. The first-order chi connectivity index (χ1) is 14.7. The summed E-state index contributed by atoms with van der Waals surface area (Å²) in [5, 5.41) is 5.55. The van der Waals surface area contributed by atoms with Crippen LogP contribution in [0.4, 0.5) is 0 Å². The summed E-state index contributed by atoms with van der Waals surface area (Å²) in [6, 6.07) is 2.54. The molecule has 2 unspecified atom stereocenters. The molecule has 2 aromatic heterocycles. The predicted molar refractivity (Wildman–Crippen MR) is 121 cm³/mol. The van der Waals surface area contributed by atoms with Crippen LogP contribution >= 0.6 is 11.3 Å². The van der Waals surface area contributed by atoms with Crippen LogP contribution in [-0.2, 0) is 17.8 Å². The van der Waals surface area contributed by atoms with Gasteiger partial charge in [0.15, 0.2) is 5.96 Å². The van der Waals surface area contributed by atoms with E-state index in [9.17, 15) is 4.79 Å². The van der Waals surface area contributed by atoms with E-state index in [1.807, 2.05) is 23.6 Å². The molecule has 1 N–H and O–H groups in total. The average molecular weight is 429 g/mol. The van der Waals surface area contributed by atoms with Crippen LogP contribution in [-0.4, -0.2) is 63.9 Å². The Morgan fingerprint density at radius 3 is 3.07 bits per heavy atom. The van der Waals surface area contributed by atoms with E-state index in [1.54, 1.807) is 11.3 Å². The number of rotatable bonds is 5. The number of likely N-dealkylation sites (tertiary alicyclic amines) is 1. The molecule has 2 aromatic rings. The molecule has 1 amide bonds. The summed E-state index contributed by atoms with van der Waals surface area (Å²) in [5.74, 6) is 1.72. The van der Waals surface area contributed by atoms with Crippen LogP contribution in [0.3, 0.4) is 0 Å². The molecule has 2 aliphatic heterocycles. The maximum Gasteiger partial charge on any atom is 0.224 e. The molecular weight excluding hydrogens is 396 g/mol. The molecule has 2 atom stereocenters. The molecular formula is C22H32N6OS. The summed E-state index contributed by atoms with van der Waals surface area (Å²) in [6.07, 6.45) is 8.35. The highest BCUT2D eigenvalue weighted by molar-refractivity contribution is 7.10. The SMILES string of the molecule is CCNC(=NCCC(=O)N1CCc2sccc2C1)N1CCC(C)C(n2ccnc2)C1. The normalized spacial score (nSPS) is 22.1. The number of nitrogens with one attached hydrogen (secondary N) is 1. The molecule has 30 heavy (non-hydrogen) atoms. The van der Waals surface area contributed by atoms with Gasteiger partial charge in [0, 0.05) is 56.4 Å². The number of nitrogens with zero attached hydrogens (tertiary/aromatic N) is 5. The summed E-state index contributed by atoms with van der Waals surface area (Å²) < 4.78 is 2.21. The van der Waals surface area contributed by atoms with Crippen molar-refractivity contribution in [1.82, 2.24) is 24.7 Å². The third-order valence-electron chi connectivity index (χ3n) is 6.21. The van der Waals surface area contributed by atoms with Crippen molar-refractivity contribution in [1.29, 1.82) is 0 Å². The first-order valence-electron chi connectivity index (χ1n) is 11.0. The molecule has 4 rings (SSSR count). The van der Waals surface area contributed by atoms with Gasteiger partial charge in [0.1, 0.15) is 0 Å². The minimum absolute atomic E-state index is 0.204. The third kappa shape index (κ3) is 4.69. The lowest BCUT2D eigenvalue weighted by atomic mass is 9.93. The van der Waals surface area contributed by atoms with Gasteiger partial charge in [-0.05, 0) is 42.7 Å². The van der Waals surface area contributed by atoms with Crippen molar-refractivity contribution < 1.29 is 4.79 Å². The van der Waals surface area contributed by atoms with Crippen LogP contribution in [0.15, 0.2) is 35.2 Å². The number of thiophene rings is 1. The number of carbonyl (C=O) groups is 1. The van der Waals surface area contributed by atoms with Crippen molar-refractivity contribution >= 4 is 23.2 Å². The number of piperidine rings is 1. The van der Waals surface area contributed by atoms with Gasteiger partial charge in [-0.3, -0.25) is 9.79 Å². The zero-order valence-corrected chi connectivity index (χ0v) is 18.8. The molecule has 0 radical (unpaired) electrons. The van der Waals surface area contributed by atoms with E-state index in [0.29, 0.717) is 24.9 Å². The number of carbonyl (C=O) groups excluding carboxylic acids is 1. The van der Waals surface area contributed by atoms with E-state index in [1.165, 1.54) is 10.4 Å². The minimum Gasteiger partial charge on any atom is -0.357 e. The van der Waals surface area contributed by atoms with Gasteiger partial charge in [-0.2, -0.15) is 0 Å². The van der Waals surface area contributed by atoms with Gasteiger partial charge in [-0.15, -0.1) is 11.3 Å². The number of imidazole rings is 1. The summed E-state index contributed by atoms with van der Waals surface area (Å²) in [4.78, 5) is 27.5. The van der Waals surface area contributed by atoms with Crippen LogP contribution in [0.1, 0.15) is 43.2 Å². The lowest BCUT2D eigenvalue weighted by molar-refractivity contribution is -0.131. The zero-order valence-electron chi connectivity index (χ0n) is 18.0. The number of hydrogen-bond acceptors (Lipinski definition) is 4. The number of amides is 1. The van der Waals surface area contributed by atoms with Gasteiger partial charge >= 0.3 is 0 Å². The van der Waals surface area contributed by atoms with Gasteiger partial charge in [0.05, 0.1) is 18.9 Å². The Labute approximate surface area is 182 Å². The molecule has 2 aliphatic rings. The van der Waals surface area contributed by atoms with Crippen LogP contribution in [0.5, 0.6) is 0 Å². The van der Waals surface area contributed by atoms with Crippen molar-refractivity contribution in [2.75, 3.05) is 32.7 Å². The van der Waals surface area contributed by atoms with Gasteiger partial charge in [-0.25, -0.2) is 4.98 Å². The third-order valence-corrected chi connectivity index (χ3v) is 7.23. The Morgan fingerprint density at radius 2 is 2.27 bits per heavy atom. The Bertz CT molecular complexity index is 861. The largest absolute Gasteiger partial charge is 0.357 e. The van der Waals surface area contributed by atoms with Gasteiger partial charge in [0.2, 0.25) is 5.91 Å². The number of aliphatic imine (C=N–C) groups is 1. The highest BCUT2D eigenvalue weighted by Gasteiger charge is 2.29. The van der Waals surface area contributed by atoms with Gasteiger partial charge < -0.3 is 19.7 Å². The molecule has 1 fully saturated rings. The first kappa shape index (κ1) is 20.9. The molecule has 0 aromatic carbocycles. The Balaban J connectivity index is 1.35. The number of hydrogen-bond donors (Lipinski definition) is 1. The predicted octanol–water partition coefficient (Wildman–Crippen LogP) is 2.77. The van der Waals surface area contributed by atoms with Gasteiger partial charge in [0.25, 0.3) is 0 Å². The van der Waals surface area contributed by atoms with Crippen LogP contribution in [0.25, 0.3) is 0 Å². The van der Waals surface area contributed by atoms with Gasteiger partial charge in [-0.1, -0.05) is 6.92 Å². The summed E-state index contributed by atoms with van der Waals surface area (Å²) >= 11 is 1.80. The molecule has 4 heterocycles. The smallest absolute Gasteiger partial charge is 0.224 e. The second kappa shape index (κ2) is 9.64. The summed E-state index contributed by atoms with van der Waals surface area (Å²) in [5.41, 5.74) is 1.31. The fourth-order valence-electron chi connectivity index (χ4n) is 4.40. The van der Waals surface area contributed by atoms with Crippen molar-refractivity contribution in [3.63, 3.8) is 0 Å². The Hall–Kier alpha value is -2.35. The van der Waals surface area contributed by atoms with E-state index in [4.69, 9.17) is 4.99 Å². The lowest BCUT2D eigenvalue weighted by Crippen LogP contribution is -2.49. The Kier molecular flexibility index (Phi) is 6.72. The Morgan fingerprint density at radius 1 is 1.37 bits per heavy atom. The van der Waals surface area contributed by atoms with E-state index in [-0.39, 0.29) is 5.91 Å². The summed E-state index contributed by atoms with van der Waals surface area (Å²) in [7, 11) is 0. The molecule has 0 spiro atoms. The maximum absolute atomic E-state index is 12.7. The minimum atomic E-state index is 0.204. The standard InChI is InChI=1S/C22H32N6OS/c1-3-24-22(27-10-5-17(2)19(15-27)28-12-9-23-16-28)25-8-4-21(29)26-11-6-20-18(14-26)7-13-30-20/h7,9,12-13,16-17,19H,3-6,8,10-11,14-15H2,1-2H3,(H,24,25). The number of guanidine groups is 1. The molecule has 0 bridgehead atoms. The highest BCUT2D eigenvalue weighted by Crippen LogP contribution is 2.27. The lowest BCUT2D eigenvalue weighted by Gasteiger charge is -2.39. The molecule has 8 heteroatoms. The van der Waals surface area contributed by atoms with E-state index >= 15 is 0 Å². The van der Waals surface area contributed by atoms with E-state index in [0.717, 1.165) is 51.5 Å².